The largest absolute Gasteiger partial charge is 0.416 e. The first-order valence-electron chi connectivity index (χ1n) is 6.48. The van der Waals surface area contributed by atoms with Gasteiger partial charge < -0.3 is 0 Å². The molecule has 2 nitrogen and oxygen atoms in total. The number of aromatic nitrogens is 2. The van der Waals surface area contributed by atoms with Crippen molar-refractivity contribution in [3.63, 3.8) is 0 Å². The van der Waals surface area contributed by atoms with Gasteiger partial charge in [-0.3, -0.25) is 4.40 Å². The van der Waals surface area contributed by atoms with Gasteiger partial charge in [0.2, 0.25) is 0 Å². The van der Waals surface area contributed by atoms with E-state index in [4.69, 9.17) is 0 Å². The van der Waals surface area contributed by atoms with E-state index in [1.165, 1.54) is 6.07 Å². The fourth-order valence-electron chi connectivity index (χ4n) is 2.54. The van der Waals surface area contributed by atoms with E-state index in [0.717, 1.165) is 29.0 Å². The highest BCUT2D eigenvalue weighted by molar-refractivity contribution is 5.65. The molecule has 0 aliphatic rings. The van der Waals surface area contributed by atoms with Crippen LogP contribution in [0.4, 0.5) is 13.2 Å². The fraction of sp³-hybridized carbons (Fsp3) is 0.188. The Morgan fingerprint density at radius 1 is 1.05 bits per heavy atom. The van der Waals surface area contributed by atoms with Crippen LogP contribution >= 0.6 is 0 Å². The van der Waals surface area contributed by atoms with Crippen LogP contribution in [0.1, 0.15) is 16.8 Å². The monoisotopic (exact) mass is 290 g/mol. The van der Waals surface area contributed by atoms with Gasteiger partial charge in [-0.2, -0.15) is 13.2 Å². The third-order valence-corrected chi connectivity index (χ3v) is 3.42. The number of hydrogen-bond acceptors (Lipinski definition) is 1. The first-order chi connectivity index (χ1) is 9.86. The highest BCUT2D eigenvalue weighted by Gasteiger charge is 2.30. The number of benzene rings is 1. The van der Waals surface area contributed by atoms with E-state index in [1.54, 1.807) is 12.3 Å². The zero-order chi connectivity index (χ0) is 15.2. The number of hydrogen-bond donors (Lipinski definition) is 0. The van der Waals surface area contributed by atoms with Crippen molar-refractivity contribution in [3.05, 3.63) is 59.4 Å². The molecule has 2 aromatic heterocycles. The van der Waals surface area contributed by atoms with E-state index >= 15 is 0 Å². The second kappa shape index (κ2) is 4.62. The second-order valence-electron chi connectivity index (χ2n) is 5.09. The molecule has 0 unspecified atom stereocenters. The van der Waals surface area contributed by atoms with Crippen molar-refractivity contribution < 1.29 is 13.2 Å². The molecule has 0 saturated carbocycles. The lowest BCUT2D eigenvalue weighted by molar-refractivity contribution is -0.137. The average Bonchev–Trinajstić information content (AvgIpc) is 2.82. The summed E-state index contributed by atoms with van der Waals surface area (Å²) in [5, 5.41) is 0. The van der Waals surface area contributed by atoms with E-state index < -0.39 is 11.7 Å². The third kappa shape index (κ3) is 2.39. The van der Waals surface area contributed by atoms with Crippen LogP contribution in [0.2, 0.25) is 0 Å². The Bertz CT molecular complexity index is 816. The van der Waals surface area contributed by atoms with E-state index in [0.29, 0.717) is 11.3 Å². The Balaban J connectivity index is 2.22. The molecule has 0 spiro atoms. The number of halogens is 3. The van der Waals surface area contributed by atoms with E-state index in [1.807, 2.05) is 30.4 Å². The molecule has 0 N–H and O–H groups in total. The summed E-state index contributed by atoms with van der Waals surface area (Å²) in [5.41, 5.74) is 3.26. The Morgan fingerprint density at radius 3 is 2.52 bits per heavy atom. The summed E-state index contributed by atoms with van der Waals surface area (Å²) in [7, 11) is 0. The van der Waals surface area contributed by atoms with Gasteiger partial charge in [0.25, 0.3) is 0 Å². The maximum atomic E-state index is 12.8. The van der Waals surface area contributed by atoms with Crippen molar-refractivity contribution in [2.45, 2.75) is 20.0 Å². The quantitative estimate of drug-likeness (QED) is 0.638. The molecule has 0 fully saturated rings. The predicted molar refractivity (Wildman–Crippen MR) is 75.1 cm³/mol. The molecule has 0 atom stereocenters. The summed E-state index contributed by atoms with van der Waals surface area (Å²) in [5.74, 6) is 0. The standard InChI is InChI=1S/C16H13F3N2/c1-10-6-11(2)21-14(9-20-15(21)7-10)12-4-3-5-13(8-12)16(17,18)19/h3-9H,1-2H3. The number of alkyl halides is 3. The fourth-order valence-corrected chi connectivity index (χ4v) is 2.54. The Labute approximate surface area is 119 Å². The lowest BCUT2D eigenvalue weighted by Crippen LogP contribution is -2.04. The highest BCUT2D eigenvalue weighted by atomic mass is 19.4. The highest BCUT2D eigenvalue weighted by Crippen LogP contribution is 2.32. The van der Waals surface area contributed by atoms with Crippen LogP contribution < -0.4 is 0 Å². The minimum Gasteiger partial charge on any atom is -0.297 e. The van der Waals surface area contributed by atoms with Gasteiger partial charge in [-0.25, -0.2) is 4.98 Å². The average molecular weight is 290 g/mol. The molecule has 1 aromatic carbocycles. The number of fused-ring (bicyclic) bond motifs is 1. The summed E-state index contributed by atoms with van der Waals surface area (Å²) in [6.07, 6.45) is -2.74. The predicted octanol–water partition coefficient (Wildman–Crippen LogP) is 4.64. The SMILES string of the molecule is Cc1cc(C)n2c(-c3cccc(C(F)(F)F)c3)cnc2c1. The van der Waals surface area contributed by atoms with Crippen molar-refractivity contribution in [2.75, 3.05) is 0 Å². The number of rotatable bonds is 1. The normalized spacial score (nSPS) is 12.0. The first-order valence-corrected chi connectivity index (χ1v) is 6.48. The summed E-state index contributed by atoms with van der Waals surface area (Å²) in [6, 6.07) is 9.20. The van der Waals surface area contributed by atoms with Gasteiger partial charge in [0.1, 0.15) is 5.65 Å². The van der Waals surface area contributed by atoms with Gasteiger partial charge in [-0.1, -0.05) is 12.1 Å². The van der Waals surface area contributed by atoms with Crippen LogP contribution in [0.25, 0.3) is 16.9 Å². The molecular weight excluding hydrogens is 277 g/mol. The molecule has 0 aliphatic heterocycles. The summed E-state index contributed by atoms with van der Waals surface area (Å²) >= 11 is 0. The maximum Gasteiger partial charge on any atom is 0.416 e. The van der Waals surface area contributed by atoms with Crippen LogP contribution in [0.3, 0.4) is 0 Å². The lowest BCUT2D eigenvalue weighted by atomic mass is 10.1. The zero-order valence-corrected chi connectivity index (χ0v) is 11.6. The van der Waals surface area contributed by atoms with Gasteiger partial charge in [-0.05, 0) is 43.7 Å². The Kier molecular flexibility index (Phi) is 3.01. The van der Waals surface area contributed by atoms with Gasteiger partial charge in [0.15, 0.2) is 0 Å². The molecule has 5 heteroatoms. The smallest absolute Gasteiger partial charge is 0.297 e. The van der Waals surface area contributed by atoms with Crippen molar-refractivity contribution >= 4 is 5.65 Å². The molecule has 2 heterocycles. The van der Waals surface area contributed by atoms with Crippen molar-refractivity contribution in [1.29, 1.82) is 0 Å². The van der Waals surface area contributed by atoms with Crippen molar-refractivity contribution in [1.82, 2.24) is 9.38 Å². The van der Waals surface area contributed by atoms with Crippen LogP contribution in [0.15, 0.2) is 42.6 Å². The number of pyridine rings is 1. The Hall–Kier alpha value is -2.30. The lowest BCUT2D eigenvalue weighted by Gasteiger charge is -2.10. The minimum atomic E-state index is -4.35. The molecule has 0 aliphatic carbocycles. The van der Waals surface area contributed by atoms with Crippen LogP contribution in [0, 0.1) is 13.8 Å². The van der Waals surface area contributed by atoms with Crippen LogP contribution in [-0.4, -0.2) is 9.38 Å². The molecule has 0 amide bonds. The van der Waals surface area contributed by atoms with Crippen LogP contribution in [0.5, 0.6) is 0 Å². The number of nitrogens with zero attached hydrogens (tertiary/aromatic N) is 2. The van der Waals surface area contributed by atoms with Gasteiger partial charge in [0.05, 0.1) is 17.5 Å². The maximum absolute atomic E-state index is 12.8. The minimum absolute atomic E-state index is 0.504. The Morgan fingerprint density at radius 2 is 1.81 bits per heavy atom. The first kappa shape index (κ1) is 13.7. The van der Waals surface area contributed by atoms with E-state index in [9.17, 15) is 13.2 Å². The molecule has 108 valence electrons. The summed E-state index contributed by atoms with van der Waals surface area (Å²) < 4.78 is 40.4. The second-order valence-corrected chi connectivity index (χ2v) is 5.09. The van der Waals surface area contributed by atoms with E-state index in [2.05, 4.69) is 4.98 Å². The van der Waals surface area contributed by atoms with Gasteiger partial charge in [-0.15, -0.1) is 0 Å². The number of aryl methyl sites for hydroxylation is 2. The van der Waals surface area contributed by atoms with E-state index in [-0.39, 0.29) is 0 Å². The zero-order valence-electron chi connectivity index (χ0n) is 11.6. The topological polar surface area (TPSA) is 17.3 Å². The summed E-state index contributed by atoms with van der Waals surface area (Å²) in [4.78, 5) is 4.29. The molecule has 3 aromatic rings. The number of imidazole rings is 1. The molecule has 0 radical (unpaired) electrons. The molecule has 21 heavy (non-hydrogen) atoms. The molecular formula is C16H13F3N2. The van der Waals surface area contributed by atoms with Crippen LogP contribution in [-0.2, 0) is 6.18 Å². The molecule has 0 saturated heterocycles. The summed E-state index contributed by atoms with van der Waals surface area (Å²) in [6.45, 7) is 3.88. The van der Waals surface area contributed by atoms with Gasteiger partial charge in [0, 0.05) is 11.3 Å². The van der Waals surface area contributed by atoms with Gasteiger partial charge >= 0.3 is 6.18 Å². The molecule has 0 bridgehead atoms. The van der Waals surface area contributed by atoms with Crippen molar-refractivity contribution in [2.24, 2.45) is 0 Å². The third-order valence-electron chi connectivity index (χ3n) is 3.42. The van der Waals surface area contributed by atoms with Crippen molar-refractivity contribution in [3.8, 4) is 11.3 Å². The molecule has 3 rings (SSSR count).